The lowest BCUT2D eigenvalue weighted by Gasteiger charge is -2.07. The number of Topliss-reactive ketones (excluding diaryl/α,β-unsaturated/α-hetero) is 1. The first-order valence-electron chi connectivity index (χ1n) is 8.72. The van der Waals surface area contributed by atoms with E-state index < -0.39 is 0 Å². The molecule has 0 saturated carbocycles. The summed E-state index contributed by atoms with van der Waals surface area (Å²) in [7, 11) is 1.78. The van der Waals surface area contributed by atoms with Gasteiger partial charge in [0.1, 0.15) is 18.2 Å². The molecular formula is C20H19FN4O3S. The second-order valence-corrected chi connectivity index (χ2v) is 7.11. The Labute approximate surface area is 171 Å². The van der Waals surface area contributed by atoms with Gasteiger partial charge < -0.3 is 14.6 Å². The van der Waals surface area contributed by atoms with Crippen molar-refractivity contribution in [2.45, 2.75) is 18.7 Å². The van der Waals surface area contributed by atoms with Crippen molar-refractivity contribution in [1.29, 1.82) is 0 Å². The molecule has 0 aliphatic heterocycles. The van der Waals surface area contributed by atoms with Crippen molar-refractivity contribution in [3.8, 4) is 5.75 Å². The molecule has 0 unspecified atom stereocenters. The summed E-state index contributed by atoms with van der Waals surface area (Å²) < 4.78 is 20.2. The molecule has 0 aliphatic rings. The zero-order chi connectivity index (χ0) is 20.8. The highest BCUT2D eigenvalue weighted by Gasteiger charge is 2.12. The number of nitrogens with one attached hydrogen (secondary N) is 1. The van der Waals surface area contributed by atoms with E-state index in [-0.39, 0.29) is 29.9 Å². The Bertz CT molecular complexity index is 1000. The van der Waals surface area contributed by atoms with Crippen molar-refractivity contribution in [3.05, 3.63) is 65.7 Å². The van der Waals surface area contributed by atoms with E-state index in [1.54, 1.807) is 35.9 Å². The molecule has 3 aromatic rings. The first-order valence-corrected chi connectivity index (χ1v) is 9.71. The van der Waals surface area contributed by atoms with Crippen LogP contribution in [-0.2, 0) is 18.4 Å². The lowest BCUT2D eigenvalue weighted by molar-refractivity contribution is -0.113. The largest absolute Gasteiger partial charge is 0.486 e. The minimum absolute atomic E-state index is 0.0278. The van der Waals surface area contributed by atoms with Gasteiger partial charge in [-0.05, 0) is 55.5 Å². The number of hydrogen-bond donors (Lipinski definition) is 1. The molecule has 150 valence electrons. The maximum absolute atomic E-state index is 12.9. The van der Waals surface area contributed by atoms with Crippen LogP contribution in [0.25, 0.3) is 0 Å². The van der Waals surface area contributed by atoms with Crippen molar-refractivity contribution in [3.63, 3.8) is 0 Å². The number of halogens is 1. The number of carbonyl (C=O) groups is 2. The van der Waals surface area contributed by atoms with Crippen LogP contribution >= 0.6 is 11.8 Å². The van der Waals surface area contributed by atoms with Crippen molar-refractivity contribution in [2.24, 2.45) is 7.05 Å². The van der Waals surface area contributed by atoms with Gasteiger partial charge in [-0.2, -0.15) is 0 Å². The number of rotatable bonds is 8. The summed E-state index contributed by atoms with van der Waals surface area (Å²) in [6.07, 6.45) is 0. The number of ether oxygens (including phenoxy) is 1. The molecular weight excluding hydrogens is 395 g/mol. The second kappa shape index (κ2) is 9.33. The maximum Gasteiger partial charge on any atom is 0.234 e. The number of thioether (sulfide) groups is 1. The van der Waals surface area contributed by atoms with Gasteiger partial charge in [-0.1, -0.05) is 11.8 Å². The smallest absolute Gasteiger partial charge is 0.234 e. The van der Waals surface area contributed by atoms with Gasteiger partial charge in [0.2, 0.25) is 5.91 Å². The molecule has 0 atom stereocenters. The van der Waals surface area contributed by atoms with E-state index in [0.717, 1.165) is 0 Å². The first-order chi connectivity index (χ1) is 13.9. The Kier molecular flexibility index (Phi) is 6.61. The number of amides is 1. The highest BCUT2D eigenvalue weighted by atomic mass is 32.2. The van der Waals surface area contributed by atoms with E-state index in [4.69, 9.17) is 4.74 Å². The minimum Gasteiger partial charge on any atom is -0.486 e. The predicted octanol–water partition coefficient (Wildman–Crippen LogP) is 3.47. The fourth-order valence-electron chi connectivity index (χ4n) is 2.39. The Morgan fingerprint density at radius 3 is 2.45 bits per heavy atom. The van der Waals surface area contributed by atoms with Crippen LogP contribution in [0.4, 0.5) is 10.1 Å². The lowest BCUT2D eigenvalue weighted by atomic mass is 10.1. The molecule has 0 saturated heterocycles. The van der Waals surface area contributed by atoms with Crippen molar-refractivity contribution < 1.29 is 18.7 Å². The molecule has 1 aromatic heterocycles. The van der Waals surface area contributed by atoms with Crippen LogP contribution in [0.3, 0.4) is 0 Å². The van der Waals surface area contributed by atoms with E-state index in [0.29, 0.717) is 28.0 Å². The van der Waals surface area contributed by atoms with Gasteiger partial charge in [0.05, 0.1) is 5.75 Å². The van der Waals surface area contributed by atoms with Gasteiger partial charge in [0, 0.05) is 18.3 Å². The van der Waals surface area contributed by atoms with Crippen LogP contribution in [0.5, 0.6) is 5.75 Å². The number of ketones is 1. The molecule has 2 aromatic carbocycles. The average molecular weight is 414 g/mol. The highest BCUT2D eigenvalue weighted by Crippen LogP contribution is 2.18. The molecule has 0 spiro atoms. The SMILES string of the molecule is CC(=O)c1ccc(NC(=O)CSc2nnc(COc3ccc(F)cc3)n2C)cc1. The third-order valence-corrected chi connectivity index (χ3v) is 5.03. The average Bonchev–Trinajstić information content (AvgIpc) is 3.06. The van der Waals surface area contributed by atoms with Gasteiger partial charge in [-0.15, -0.1) is 10.2 Å². The second-order valence-electron chi connectivity index (χ2n) is 6.17. The first kappa shape index (κ1) is 20.5. The van der Waals surface area contributed by atoms with Crippen molar-refractivity contribution >= 4 is 29.1 Å². The highest BCUT2D eigenvalue weighted by molar-refractivity contribution is 7.99. The zero-order valence-electron chi connectivity index (χ0n) is 15.9. The monoisotopic (exact) mass is 414 g/mol. The van der Waals surface area contributed by atoms with E-state index >= 15 is 0 Å². The standard InChI is InChI=1S/C20H19FN4O3S/c1-13(26)14-3-7-16(8-4-14)22-19(27)12-29-20-24-23-18(25(20)2)11-28-17-9-5-15(21)6-10-17/h3-10H,11-12H2,1-2H3,(H,22,27). The molecule has 7 nitrogen and oxygen atoms in total. The van der Waals surface area contributed by atoms with Crippen molar-refractivity contribution in [1.82, 2.24) is 14.8 Å². The molecule has 1 amide bonds. The predicted molar refractivity (Wildman–Crippen MR) is 108 cm³/mol. The Morgan fingerprint density at radius 2 is 1.79 bits per heavy atom. The zero-order valence-corrected chi connectivity index (χ0v) is 16.7. The summed E-state index contributed by atoms with van der Waals surface area (Å²) in [6.45, 7) is 1.66. The number of anilines is 1. The van der Waals surface area contributed by atoms with Crippen LogP contribution in [-0.4, -0.2) is 32.2 Å². The summed E-state index contributed by atoms with van der Waals surface area (Å²) in [5.41, 5.74) is 1.21. The molecule has 0 radical (unpaired) electrons. The van der Waals surface area contributed by atoms with Crippen LogP contribution in [0.2, 0.25) is 0 Å². The number of hydrogen-bond acceptors (Lipinski definition) is 6. The van der Waals surface area contributed by atoms with Crippen LogP contribution in [0.1, 0.15) is 23.1 Å². The van der Waals surface area contributed by atoms with E-state index in [9.17, 15) is 14.0 Å². The summed E-state index contributed by atoms with van der Waals surface area (Å²) in [5, 5.41) is 11.5. The Morgan fingerprint density at radius 1 is 1.10 bits per heavy atom. The van der Waals surface area contributed by atoms with Gasteiger partial charge in [-0.25, -0.2) is 4.39 Å². The molecule has 9 heteroatoms. The van der Waals surface area contributed by atoms with Gasteiger partial charge in [-0.3, -0.25) is 9.59 Å². The number of aromatic nitrogens is 3. The molecule has 0 aliphatic carbocycles. The van der Waals surface area contributed by atoms with E-state index in [1.165, 1.54) is 43.0 Å². The quantitative estimate of drug-likeness (QED) is 0.449. The third kappa shape index (κ3) is 5.64. The Balaban J connectivity index is 1.50. The number of benzene rings is 2. The fourth-order valence-corrected chi connectivity index (χ4v) is 3.12. The number of carbonyl (C=O) groups excluding carboxylic acids is 2. The van der Waals surface area contributed by atoms with Crippen LogP contribution in [0.15, 0.2) is 53.7 Å². The maximum atomic E-state index is 12.9. The molecule has 0 bridgehead atoms. The minimum atomic E-state index is -0.331. The fraction of sp³-hybridized carbons (Fsp3) is 0.200. The number of nitrogens with zero attached hydrogens (tertiary/aromatic N) is 3. The summed E-state index contributed by atoms with van der Waals surface area (Å²) >= 11 is 1.24. The molecule has 1 heterocycles. The molecule has 29 heavy (non-hydrogen) atoms. The molecule has 1 N–H and O–H groups in total. The van der Waals surface area contributed by atoms with Crippen LogP contribution < -0.4 is 10.1 Å². The molecule has 3 rings (SSSR count). The van der Waals surface area contributed by atoms with Gasteiger partial charge in [0.15, 0.2) is 16.8 Å². The lowest BCUT2D eigenvalue weighted by Crippen LogP contribution is -2.14. The van der Waals surface area contributed by atoms with Gasteiger partial charge in [0.25, 0.3) is 0 Å². The topological polar surface area (TPSA) is 86.1 Å². The summed E-state index contributed by atoms with van der Waals surface area (Å²) in [6, 6.07) is 12.4. The van der Waals surface area contributed by atoms with Crippen LogP contribution in [0, 0.1) is 5.82 Å². The summed E-state index contributed by atoms with van der Waals surface area (Å²) in [5.74, 6) is 0.704. The summed E-state index contributed by atoms with van der Waals surface area (Å²) in [4.78, 5) is 23.4. The van der Waals surface area contributed by atoms with Gasteiger partial charge >= 0.3 is 0 Å². The third-order valence-electron chi connectivity index (χ3n) is 4.01. The molecule has 0 fully saturated rings. The van der Waals surface area contributed by atoms with Crippen molar-refractivity contribution in [2.75, 3.05) is 11.1 Å². The van der Waals surface area contributed by atoms with E-state index in [1.807, 2.05) is 0 Å². The normalized spacial score (nSPS) is 10.6. The Hall–Kier alpha value is -3.20. The van der Waals surface area contributed by atoms with E-state index in [2.05, 4.69) is 15.5 Å².